The van der Waals surface area contributed by atoms with Crippen molar-refractivity contribution in [2.24, 2.45) is 0 Å². The average Bonchev–Trinajstić information content (AvgIpc) is 3.22. The van der Waals surface area contributed by atoms with E-state index in [1.165, 1.54) is 12.0 Å². The monoisotopic (exact) mass is 503 g/mol. The number of piperazine rings is 1. The Bertz CT molecular complexity index is 1300. The van der Waals surface area contributed by atoms with Gasteiger partial charge in [-0.15, -0.1) is 0 Å². The summed E-state index contributed by atoms with van der Waals surface area (Å²) in [5, 5.41) is 10.4. The first-order chi connectivity index (χ1) is 17.7. The van der Waals surface area contributed by atoms with Gasteiger partial charge in [0, 0.05) is 38.1 Å². The number of anilines is 1. The van der Waals surface area contributed by atoms with Crippen molar-refractivity contribution in [3.05, 3.63) is 42.0 Å². The molecule has 4 heterocycles. The second-order valence-electron chi connectivity index (χ2n) is 10.5. The molecule has 0 aromatic carbocycles. The van der Waals surface area contributed by atoms with Crippen molar-refractivity contribution in [1.29, 1.82) is 5.26 Å². The zero-order valence-electron chi connectivity index (χ0n) is 22.7. The third-order valence-electron chi connectivity index (χ3n) is 6.81. The van der Waals surface area contributed by atoms with E-state index in [0.717, 1.165) is 29.7 Å². The molecule has 1 aliphatic carbocycles. The summed E-state index contributed by atoms with van der Waals surface area (Å²) in [7, 11) is 0. The molecule has 2 aliphatic rings. The van der Waals surface area contributed by atoms with Crippen LogP contribution in [0.3, 0.4) is 0 Å². The number of nitriles is 1. The molecular formula is C28H37N7O2. The van der Waals surface area contributed by atoms with Crippen LogP contribution < -0.4 is 4.90 Å². The van der Waals surface area contributed by atoms with Crippen LogP contribution in [0.2, 0.25) is 0 Å². The minimum Gasteiger partial charge on any atom is -0.444 e. The van der Waals surface area contributed by atoms with E-state index in [-0.39, 0.29) is 12.1 Å². The van der Waals surface area contributed by atoms with Crippen LogP contribution in [0.15, 0.2) is 30.9 Å². The Balaban J connectivity index is 0.00000156. The molecule has 37 heavy (non-hydrogen) atoms. The molecule has 3 aromatic heterocycles. The lowest BCUT2D eigenvalue weighted by molar-refractivity contribution is 0.0159. The predicted molar refractivity (Wildman–Crippen MR) is 144 cm³/mol. The second-order valence-corrected chi connectivity index (χ2v) is 10.5. The molecule has 5 rings (SSSR count). The lowest BCUT2D eigenvalue weighted by Crippen LogP contribution is -2.55. The molecule has 1 unspecified atom stereocenters. The topological polar surface area (TPSA) is 100 Å². The summed E-state index contributed by atoms with van der Waals surface area (Å²) in [5.74, 6) is 2.03. The minimum atomic E-state index is -0.524. The Morgan fingerprint density at radius 3 is 2.54 bits per heavy atom. The second kappa shape index (κ2) is 10.8. The number of carbonyl (C=O) groups excluding carboxylic acids is 1. The highest BCUT2D eigenvalue weighted by atomic mass is 16.6. The van der Waals surface area contributed by atoms with Crippen LogP contribution in [0.5, 0.6) is 0 Å². The fraction of sp³-hybridized carbons (Fsp3) is 0.536. The van der Waals surface area contributed by atoms with E-state index in [9.17, 15) is 10.1 Å². The predicted octanol–water partition coefficient (Wildman–Crippen LogP) is 5.43. The molecular weight excluding hydrogens is 466 g/mol. The summed E-state index contributed by atoms with van der Waals surface area (Å²) in [6.07, 6.45) is 8.59. The van der Waals surface area contributed by atoms with Crippen molar-refractivity contribution in [3.63, 3.8) is 0 Å². The average molecular weight is 504 g/mol. The van der Waals surface area contributed by atoms with Crippen molar-refractivity contribution < 1.29 is 9.53 Å². The van der Waals surface area contributed by atoms with Crippen LogP contribution in [0.1, 0.15) is 77.8 Å². The van der Waals surface area contributed by atoms with Crippen LogP contribution in [-0.2, 0) is 4.74 Å². The van der Waals surface area contributed by atoms with E-state index in [1.807, 2.05) is 46.1 Å². The fourth-order valence-electron chi connectivity index (χ4n) is 4.88. The highest BCUT2D eigenvalue weighted by Gasteiger charge is 2.34. The molecule has 196 valence electrons. The largest absolute Gasteiger partial charge is 0.444 e. The van der Waals surface area contributed by atoms with Gasteiger partial charge in [-0.2, -0.15) is 5.26 Å². The Labute approximate surface area is 219 Å². The SMILES string of the molecule is CC.CC1CN(c2ncnc3c2c(C2CCC2)cn3-c2cc(C#N)ccn2)CCN1C(=O)OC(C)(C)C. The summed E-state index contributed by atoms with van der Waals surface area (Å²) in [6.45, 7) is 13.6. The van der Waals surface area contributed by atoms with E-state index in [2.05, 4.69) is 27.1 Å². The van der Waals surface area contributed by atoms with Gasteiger partial charge in [-0.05, 0) is 64.2 Å². The number of pyridine rings is 1. The molecule has 1 aliphatic heterocycles. The normalized spacial score (nSPS) is 18.0. The molecule has 0 N–H and O–H groups in total. The van der Waals surface area contributed by atoms with Crippen molar-refractivity contribution in [2.75, 3.05) is 24.5 Å². The van der Waals surface area contributed by atoms with Gasteiger partial charge in [0.25, 0.3) is 0 Å². The molecule has 0 radical (unpaired) electrons. The Morgan fingerprint density at radius 2 is 1.92 bits per heavy atom. The number of carbonyl (C=O) groups is 1. The fourth-order valence-corrected chi connectivity index (χ4v) is 4.88. The molecule has 3 aromatic rings. The van der Waals surface area contributed by atoms with Crippen LogP contribution >= 0.6 is 0 Å². The molecule has 1 saturated heterocycles. The Hall–Kier alpha value is -3.67. The highest BCUT2D eigenvalue weighted by Crippen LogP contribution is 2.43. The maximum absolute atomic E-state index is 12.7. The number of aromatic nitrogens is 4. The zero-order chi connectivity index (χ0) is 26.7. The maximum atomic E-state index is 12.7. The number of nitrogens with zero attached hydrogens (tertiary/aromatic N) is 7. The zero-order valence-corrected chi connectivity index (χ0v) is 22.7. The van der Waals surface area contributed by atoms with Crippen LogP contribution in [-0.4, -0.2) is 61.8 Å². The van der Waals surface area contributed by atoms with Gasteiger partial charge in [-0.3, -0.25) is 4.57 Å². The molecule has 1 atom stereocenters. The molecule has 1 amide bonds. The Morgan fingerprint density at radius 1 is 1.16 bits per heavy atom. The summed E-state index contributed by atoms with van der Waals surface area (Å²) in [6, 6.07) is 5.66. The van der Waals surface area contributed by atoms with Gasteiger partial charge in [0.2, 0.25) is 0 Å². The summed E-state index contributed by atoms with van der Waals surface area (Å²) in [4.78, 5) is 30.7. The van der Waals surface area contributed by atoms with Crippen LogP contribution in [0.25, 0.3) is 16.9 Å². The van der Waals surface area contributed by atoms with Crippen molar-refractivity contribution in [3.8, 4) is 11.9 Å². The molecule has 2 fully saturated rings. The lowest BCUT2D eigenvalue weighted by Gasteiger charge is -2.41. The molecule has 9 nitrogen and oxygen atoms in total. The van der Waals surface area contributed by atoms with Gasteiger partial charge in [-0.25, -0.2) is 19.7 Å². The van der Waals surface area contributed by atoms with E-state index >= 15 is 0 Å². The minimum absolute atomic E-state index is 0.0215. The van der Waals surface area contributed by atoms with Gasteiger partial charge in [0.05, 0.1) is 17.0 Å². The maximum Gasteiger partial charge on any atom is 0.410 e. The van der Waals surface area contributed by atoms with E-state index in [4.69, 9.17) is 9.72 Å². The van der Waals surface area contributed by atoms with Gasteiger partial charge in [0.15, 0.2) is 5.65 Å². The van der Waals surface area contributed by atoms with E-state index in [0.29, 0.717) is 36.9 Å². The number of ether oxygens (including phenoxy) is 1. The smallest absolute Gasteiger partial charge is 0.410 e. The standard InChI is InChI=1S/C26H31N7O2.C2H6/c1-17-14-31(10-11-32(17)25(34)35-26(2,3)4)23-22-20(19-6-5-7-19)15-33(24(22)30-16-29-23)21-12-18(13-27)8-9-28-21;1-2/h8-9,12,15-17,19H,5-7,10-11,14H2,1-4H3;1-2H3. The van der Waals surface area contributed by atoms with Crippen LogP contribution in [0.4, 0.5) is 10.6 Å². The molecule has 1 saturated carbocycles. The van der Waals surface area contributed by atoms with Gasteiger partial charge < -0.3 is 14.5 Å². The number of amides is 1. The summed E-state index contributed by atoms with van der Waals surface area (Å²) < 4.78 is 7.59. The summed E-state index contributed by atoms with van der Waals surface area (Å²) in [5.41, 5.74) is 2.06. The molecule has 0 spiro atoms. The van der Waals surface area contributed by atoms with Gasteiger partial charge in [-0.1, -0.05) is 20.3 Å². The van der Waals surface area contributed by atoms with Crippen molar-refractivity contribution in [2.45, 2.75) is 78.4 Å². The quantitative estimate of drug-likeness (QED) is 0.470. The third kappa shape index (κ3) is 5.38. The summed E-state index contributed by atoms with van der Waals surface area (Å²) >= 11 is 0. The number of hydrogen-bond donors (Lipinski definition) is 0. The van der Waals surface area contributed by atoms with Crippen molar-refractivity contribution >= 4 is 22.9 Å². The van der Waals surface area contributed by atoms with Crippen LogP contribution in [0, 0.1) is 11.3 Å². The van der Waals surface area contributed by atoms with Gasteiger partial charge in [0.1, 0.15) is 23.6 Å². The third-order valence-corrected chi connectivity index (χ3v) is 6.81. The number of fused-ring (bicyclic) bond motifs is 1. The molecule has 0 bridgehead atoms. The van der Waals surface area contributed by atoms with Crippen molar-refractivity contribution in [1.82, 2.24) is 24.4 Å². The number of hydrogen-bond acceptors (Lipinski definition) is 7. The van der Waals surface area contributed by atoms with E-state index in [1.54, 1.807) is 29.6 Å². The number of rotatable bonds is 3. The van der Waals surface area contributed by atoms with Gasteiger partial charge >= 0.3 is 6.09 Å². The first-order valence-corrected chi connectivity index (χ1v) is 13.2. The first-order valence-electron chi connectivity index (χ1n) is 13.2. The lowest BCUT2D eigenvalue weighted by atomic mass is 9.80. The highest BCUT2D eigenvalue weighted by molar-refractivity contribution is 5.93. The molecule has 9 heteroatoms. The Kier molecular flexibility index (Phi) is 7.67. The van der Waals surface area contributed by atoms with E-state index < -0.39 is 5.60 Å². The first kappa shape index (κ1) is 26.4.